The molecule has 0 rings (SSSR count). The van der Waals surface area contributed by atoms with Gasteiger partial charge in [0.2, 0.25) is 0 Å². The van der Waals surface area contributed by atoms with E-state index in [1.165, 1.54) is 116 Å². The van der Waals surface area contributed by atoms with Gasteiger partial charge in [0.1, 0.15) is 13.2 Å². The highest BCUT2D eigenvalue weighted by molar-refractivity contribution is 5.71. The molecule has 0 fully saturated rings. The first-order chi connectivity index (χ1) is 24.7. The summed E-state index contributed by atoms with van der Waals surface area (Å²) < 4.78 is 16.7. The van der Waals surface area contributed by atoms with E-state index in [0.717, 1.165) is 75.5 Å². The van der Waals surface area contributed by atoms with Crippen LogP contribution in [0, 0.1) is 17.8 Å². The molecule has 0 N–H and O–H groups in total. The molecule has 0 spiro atoms. The van der Waals surface area contributed by atoms with Crippen molar-refractivity contribution >= 4 is 17.9 Å². The van der Waals surface area contributed by atoms with E-state index < -0.39 is 6.10 Å². The fourth-order valence-electron chi connectivity index (χ4n) is 6.46. The molecule has 0 saturated carbocycles. The van der Waals surface area contributed by atoms with Gasteiger partial charge in [-0.1, -0.05) is 196 Å². The lowest BCUT2D eigenvalue weighted by Gasteiger charge is -2.18. The predicted molar refractivity (Wildman–Crippen MR) is 215 cm³/mol. The molecule has 0 aliphatic heterocycles. The second-order valence-corrected chi connectivity index (χ2v) is 16.3. The Hall–Kier alpha value is -1.59. The lowest BCUT2D eigenvalue weighted by molar-refractivity contribution is -0.167. The topological polar surface area (TPSA) is 78.9 Å². The van der Waals surface area contributed by atoms with E-state index in [1.54, 1.807) is 0 Å². The van der Waals surface area contributed by atoms with Crippen molar-refractivity contribution in [3.05, 3.63) is 0 Å². The van der Waals surface area contributed by atoms with Crippen molar-refractivity contribution in [3.8, 4) is 0 Å². The first-order valence-electron chi connectivity index (χ1n) is 22.2. The van der Waals surface area contributed by atoms with Gasteiger partial charge >= 0.3 is 17.9 Å². The molecule has 51 heavy (non-hydrogen) atoms. The zero-order valence-corrected chi connectivity index (χ0v) is 34.9. The van der Waals surface area contributed by atoms with E-state index in [1.807, 2.05) is 0 Å². The first kappa shape index (κ1) is 49.4. The Bertz CT molecular complexity index is 796. The number of rotatable bonds is 38. The van der Waals surface area contributed by atoms with Gasteiger partial charge in [-0.3, -0.25) is 14.4 Å². The maximum atomic E-state index is 12.7. The largest absolute Gasteiger partial charge is 0.462 e. The normalized spacial score (nSPS) is 13.2. The van der Waals surface area contributed by atoms with E-state index in [-0.39, 0.29) is 31.1 Å². The lowest BCUT2D eigenvalue weighted by atomic mass is 9.99. The van der Waals surface area contributed by atoms with Crippen LogP contribution in [0.25, 0.3) is 0 Å². The van der Waals surface area contributed by atoms with Crippen molar-refractivity contribution in [2.75, 3.05) is 13.2 Å². The second kappa shape index (κ2) is 36.8. The summed E-state index contributed by atoms with van der Waals surface area (Å²) in [5, 5.41) is 0. The van der Waals surface area contributed by atoms with Gasteiger partial charge in [0.05, 0.1) is 0 Å². The molecule has 3 atom stereocenters. The average Bonchev–Trinajstić information content (AvgIpc) is 3.11. The van der Waals surface area contributed by atoms with Crippen LogP contribution in [0.1, 0.15) is 234 Å². The number of esters is 3. The van der Waals surface area contributed by atoms with Crippen LogP contribution in [0.15, 0.2) is 0 Å². The Balaban J connectivity index is 4.36. The van der Waals surface area contributed by atoms with Gasteiger partial charge in [-0.2, -0.15) is 0 Å². The zero-order chi connectivity index (χ0) is 37.8. The third kappa shape index (κ3) is 36.6. The Labute approximate surface area is 317 Å². The summed E-state index contributed by atoms with van der Waals surface area (Å²) in [7, 11) is 0. The molecule has 6 heteroatoms. The molecule has 0 aliphatic rings. The zero-order valence-electron chi connectivity index (χ0n) is 34.9. The number of hydrogen-bond acceptors (Lipinski definition) is 6. The number of unbranched alkanes of at least 4 members (excludes halogenated alkanes) is 19. The maximum Gasteiger partial charge on any atom is 0.306 e. The van der Waals surface area contributed by atoms with Crippen LogP contribution >= 0.6 is 0 Å². The van der Waals surface area contributed by atoms with Crippen molar-refractivity contribution in [3.63, 3.8) is 0 Å². The van der Waals surface area contributed by atoms with Crippen molar-refractivity contribution in [2.24, 2.45) is 17.8 Å². The van der Waals surface area contributed by atoms with Crippen molar-refractivity contribution in [2.45, 2.75) is 240 Å². The minimum absolute atomic E-state index is 0.0680. The van der Waals surface area contributed by atoms with Crippen LogP contribution in [0.3, 0.4) is 0 Å². The van der Waals surface area contributed by atoms with Crippen LogP contribution < -0.4 is 0 Å². The van der Waals surface area contributed by atoms with E-state index >= 15 is 0 Å². The van der Waals surface area contributed by atoms with Crippen LogP contribution in [0.2, 0.25) is 0 Å². The first-order valence-corrected chi connectivity index (χ1v) is 22.2. The summed E-state index contributed by atoms with van der Waals surface area (Å²) in [4.78, 5) is 37.6. The van der Waals surface area contributed by atoms with E-state index in [9.17, 15) is 14.4 Å². The molecule has 6 nitrogen and oxygen atoms in total. The van der Waals surface area contributed by atoms with Crippen LogP contribution in [-0.4, -0.2) is 37.2 Å². The summed E-state index contributed by atoms with van der Waals surface area (Å²) in [6.45, 7) is 13.6. The molecular formula is C45H86O6. The molecule has 0 aromatic rings. The monoisotopic (exact) mass is 723 g/mol. The van der Waals surface area contributed by atoms with Crippen molar-refractivity contribution in [1.82, 2.24) is 0 Å². The van der Waals surface area contributed by atoms with Crippen LogP contribution in [0.5, 0.6) is 0 Å². The fraction of sp³-hybridized carbons (Fsp3) is 0.933. The third-order valence-electron chi connectivity index (χ3n) is 10.6. The number of carbonyl (C=O) groups is 3. The standard InChI is InChI=1S/C45H86O6/c1-7-40(5)32-26-20-13-11-9-10-12-14-24-30-36-45(48)51-42(37-49-43(46)34-28-22-17-15-19-25-31-39(3)4)38-50-44(47)35-29-23-18-16-21-27-33-41(6)8-2/h39-42H,7-38H2,1-6H3/t40?,41?,42-/m1/s1. The molecule has 0 aromatic heterocycles. The fourth-order valence-corrected chi connectivity index (χ4v) is 6.46. The highest BCUT2D eigenvalue weighted by Crippen LogP contribution is 2.17. The summed E-state index contributed by atoms with van der Waals surface area (Å²) >= 11 is 0. The minimum atomic E-state index is -0.762. The van der Waals surface area contributed by atoms with E-state index in [2.05, 4.69) is 41.5 Å². The molecule has 0 aromatic carbocycles. The molecule has 0 aliphatic carbocycles. The summed E-state index contributed by atoms with van der Waals surface area (Å²) in [5.41, 5.74) is 0. The van der Waals surface area contributed by atoms with Crippen LogP contribution in [-0.2, 0) is 28.6 Å². The van der Waals surface area contributed by atoms with E-state index in [0.29, 0.717) is 19.3 Å². The van der Waals surface area contributed by atoms with Crippen LogP contribution in [0.4, 0.5) is 0 Å². The van der Waals surface area contributed by atoms with Gasteiger partial charge < -0.3 is 14.2 Å². The Kier molecular flexibility index (Phi) is 35.6. The Morgan fingerprint density at radius 1 is 0.392 bits per heavy atom. The molecule has 0 radical (unpaired) electrons. The minimum Gasteiger partial charge on any atom is -0.462 e. The molecule has 0 heterocycles. The molecule has 2 unspecified atom stereocenters. The van der Waals surface area contributed by atoms with Crippen molar-refractivity contribution in [1.29, 1.82) is 0 Å². The molecular weight excluding hydrogens is 636 g/mol. The highest BCUT2D eigenvalue weighted by Gasteiger charge is 2.19. The van der Waals surface area contributed by atoms with Gasteiger partial charge in [-0.25, -0.2) is 0 Å². The Morgan fingerprint density at radius 2 is 0.686 bits per heavy atom. The summed E-state index contributed by atoms with van der Waals surface area (Å²) in [6, 6.07) is 0. The predicted octanol–water partition coefficient (Wildman–Crippen LogP) is 13.7. The smallest absolute Gasteiger partial charge is 0.306 e. The highest BCUT2D eigenvalue weighted by atomic mass is 16.6. The number of ether oxygens (including phenoxy) is 3. The van der Waals surface area contributed by atoms with Gasteiger partial charge in [0.25, 0.3) is 0 Å². The lowest BCUT2D eigenvalue weighted by Crippen LogP contribution is -2.30. The summed E-state index contributed by atoms with van der Waals surface area (Å²) in [5.74, 6) is 1.57. The Morgan fingerprint density at radius 3 is 1.02 bits per heavy atom. The SMILES string of the molecule is CCC(C)CCCCCCCCCCCCC(=O)O[C@H](COC(=O)CCCCCCCCC(C)C)COC(=O)CCCCCCCCC(C)CC. The quantitative estimate of drug-likeness (QED) is 0.0359. The van der Waals surface area contributed by atoms with Crippen molar-refractivity contribution < 1.29 is 28.6 Å². The molecule has 302 valence electrons. The summed E-state index contributed by atoms with van der Waals surface area (Å²) in [6.07, 6.45) is 32.4. The maximum absolute atomic E-state index is 12.7. The third-order valence-corrected chi connectivity index (χ3v) is 10.6. The average molecular weight is 723 g/mol. The molecule has 0 amide bonds. The van der Waals surface area contributed by atoms with E-state index in [4.69, 9.17) is 14.2 Å². The molecule has 0 bridgehead atoms. The number of carbonyl (C=O) groups excluding carboxylic acids is 3. The number of hydrogen-bond donors (Lipinski definition) is 0. The van der Waals surface area contributed by atoms with Gasteiger partial charge in [0, 0.05) is 19.3 Å². The van der Waals surface area contributed by atoms with Gasteiger partial charge in [-0.05, 0) is 37.0 Å². The molecule has 0 saturated heterocycles. The van der Waals surface area contributed by atoms with Gasteiger partial charge in [0.15, 0.2) is 6.10 Å². The van der Waals surface area contributed by atoms with Gasteiger partial charge in [-0.15, -0.1) is 0 Å². The second-order valence-electron chi connectivity index (χ2n) is 16.3.